The number of thiophene rings is 1. The largest absolute Gasteiger partial charge is 0.483 e. The van der Waals surface area contributed by atoms with Gasteiger partial charge in [-0.25, -0.2) is 5.01 Å². The number of hydrogen-bond acceptors (Lipinski definition) is 6. The lowest BCUT2D eigenvalue weighted by molar-refractivity contribution is -0.135. The van der Waals surface area contributed by atoms with Crippen molar-refractivity contribution in [3.8, 4) is 5.75 Å². The summed E-state index contributed by atoms with van der Waals surface area (Å²) in [5.74, 6) is 0.705. The van der Waals surface area contributed by atoms with E-state index in [2.05, 4.69) is 21.0 Å². The van der Waals surface area contributed by atoms with Crippen LogP contribution in [0.25, 0.3) is 0 Å². The van der Waals surface area contributed by atoms with E-state index in [9.17, 15) is 9.59 Å². The molecule has 28 heavy (non-hydrogen) atoms. The molecule has 0 bridgehead atoms. The van der Waals surface area contributed by atoms with Crippen LogP contribution in [0.5, 0.6) is 5.75 Å². The van der Waals surface area contributed by atoms with Crippen molar-refractivity contribution in [1.82, 2.24) is 5.01 Å². The Morgan fingerprint density at radius 2 is 2.25 bits per heavy atom. The number of rotatable bonds is 6. The van der Waals surface area contributed by atoms with E-state index in [1.807, 2.05) is 23.6 Å². The molecule has 1 amide bonds. The highest BCUT2D eigenvalue weighted by atomic mass is 79.9. The fourth-order valence-corrected chi connectivity index (χ4v) is 4.08. The quantitative estimate of drug-likeness (QED) is 0.503. The molecule has 1 aliphatic heterocycles. The number of hydrogen-bond donors (Lipinski definition) is 0. The number of furan rings is 1. The van der Waals surface area contributed by atoms with Crippen LogP contribution in [0.1, 0.15) is 33.5 Å². The zero-order chi connectivity index (χ0) is 19.5. The summed E-state index contributed by atoms with van der Waals surface area (Å²) >= 11 is 4.89. The summed E-state index contributed by atoms with van der Waals surface area (Å²) in [4.78, 5) is 25.1. The van der Waals surface area contributed by atoms with Gasteiger partial charge in [-0.2, -0.15) is 5.10 Å². The topological polar surface area (TPSA) is 72.1 Å². The number of carbonyl (C=O) groups excluding carboxylic acids is 2. The number of aldehydes is 1. The van der Waals surface area contributed by atoms with Crippen LogP contribution in [-0.4, -0.2) is 29.5 Å². The summed E-state index contributed by atoms with van der Waals surface area (Å²) in [6.45, 7) is -0.235. The minimum absolute atomic E-state index is 0.235. The third-order valence-electron chi connectivity index (χ3n) is 4.29. The van der Waals surface area contributed by atoms with Gasteiger partial charge < -0.3 is 9.15 Å². The van der Waals surface area contributed by atoms with Gasteiger partial charge in [-0.3, -0.25) is 9.59 Å². The van der Waals surface area contributed by atoms with Gasteiger partial charge >= 0.3 is 0 Å². The van der Waals surface area contributed by atoms with Gasteiger partial charge in [0.05, 0.1) is 22.4 Å². The Bertz CT molecular complexity index is 1020. The van der Waals surface area contributed by atoms with E-state index in [1.165, 1.54) is 5.01 Å². The highest BCUT2D eigenvalue weighted by Crippen LogP contribution is 2.34. The van der Waals surface area contributed by atoms with Crippen LogP contribution >= 0.6 is 27.3 Å². The van der Waals surface area contributed by atoms with Crippen molar-refractivity contribution < 1.29 is 18.7 Å². The molecule has 0 N–H and O–H groups in total. The van der Waals surface area contributed by atoms with E-state index in [-0.39, 0.29) is 18.6 Å². The van der Waals surface area contributed by atoms with E-state index >= 15 is 0 Å². The number of halogens is 1. The molecular weight excluding hydrogens is 444 g/mol. The van der Waals surface area contributed by atoms with E-state index < -0.39 is 0 Å². The summed E-state index contributed by atoms with van der Waals surface area (Å²) in [7, 11) is 0. The highest BCUT2D eigenvalue weighted by molar-refractivity contribution is 9.10. The molecule has 1 unspecified atom stereocenters. The minimum atomic E-state index is -0.321. The average molecular weight is 459 g/mol. The first-order valence-electron chi connectivity index (χ1n) is 8.50. The second-order valence-electron chi connectivity index (χ2n) is 6.09. The summed E-state index contributed by atoms with van der Waals surface area (Å²) in [6, 6.07) is 12.3. The van der Waals surface area contributed by atoms with E-state index in [4.69, 9.17) is 9.15 Å². The van der Waals surface area contributed by atoms with Crippen LogP contribution < -0.4 is 4.74 Å². The van der Waals surface area contributed by atoms with Crippen molar-refractivity contribution in [1.29, 1.82) is 0 Å². The SMILES string of the molecule is O=Cc1cc(Br)ccc1OCC(=O)N1N=C(c2cccs2)CC1c1ccco1. The first-order valence-corrected chi connectivity index (χ1v) is 10.2. The lowest BCUT2D eigenvalue weighted by Gasteiger charge is -2.20. The number of benzene rings is 1. The van der Waals surface area contributed by atoms with Gasteiger partial charge in [-0.05, 0) is 41.8 Å². The number of carbonyl (C=O) groups is 2. The molecule has 1 aromatic carbocycles. The molecule has 142 valence electrons. The molecule has 0 fully saturated rings. The molecule has 1 aliphatic rings. The van der Waals surface area contributed by atoms with Crippen LogP contribution in [-0.2, 0) is 4.79 Å². The first-order chi connectivity index (χ1) is 13.7. The van der Waals surface area contributed by atoms with Crippen LogP contribution in [0.15, 0.2) is 68.1 Å². The number of ether oxygens (including phenoxy) is 1. The predicted octanol–water partition coefficient (Wildman–Crippen LogP) is 4.67. The van der Waals surface area contributed by atoms with Crippen molar-refractivity contribution in [2.24, 2.45) is 5.10 Å². The van der Waals surface area contributed by atoms with Crippen molar-refractivity contribution in [2.75, 3.05) is 6.61 Å². The van der Waals surface area contributed by atoms with Crippen LogP contribution in [0.2, 0.25) is 0 Å². The van der Waals surface area contributed by atoms with Gasteiger partial charge in [0.1, 0.15) is 17.6 Å². The monoisotopic (exact) mass is 458 g/mol. The van der Waals surface area contributed by atoms with Gasteiger partial charge in [0, 0.05) is 10.9 Å². The van der Waals surface area contributed by atoms with E-state index in [0.29, 0.717) is 29.8 Å². The van der Waals surface area contributed by atoms with Crippen molar-refractivity contribution in [3.63, 3.8) is 0 Å². The van der Waals surface area contributed by atoms with Gasteiger partial charge in [0.2, 0.25) is 0 Å². The molecule has 0 aliphatic carbocycles. The second-order valence-corrected chi connectivity index (χ2v) is 7.95. The number of hydrazone groups is 1. The Morgan fingerprint density at radius 1 is 1.36 bits per heavy atom. The molecule has 0 radical (unpaired) electrons. The molecule has 3 heterocycles. The molecule has 3 aromatic rings. The summed E-state index contributed by atoms with van der Waals surface area (Å²) in [5.41, 5.74) is 1.20. The van der Waals surface area contributed by atoms with Crippen LogP contribution in [0.4, 0.5) is 0 Å². The summed E-state index contributed by atoms with van der Waals surface area (Å²) in [6.07, 6.45) is 2.84. The molecule has 4 rings (SSSR count). The zero-order valence-electron chi connectivity index (χ0n) is 14.6. The lowest BCUT2D eigenvalue weighted by atomic mass is 10.1. The van der Waals surface area contributed by atoms with Gasteiger partial charge in [-0.1, -0.05) is 22.0 Å². The normalized spacial score (nSPS) is 16.1. The van der Waals surface area contributed by atoms with Crippen LogP contribution in [0, 0.1) is 0 Å². The van der Waals surface area contributed by atoms with Crippen molar-refractivity contribution in [3.05, 3.63) is 74.8 Å². The minimum Gasteiger partial charge on any atom is -0.483 e. The smallest absolute Gasteiger partial charge is 0.281 e. The summed E-state index contributed by atoms with van der Waals surface area (Å²) in [5, 5.41) is 7.91. The maximum atomic E-state index is 12.9. The number of nitrogens with zero attached hydrogens (tertiary/aromatic N) is 2. The Morgan fingerprint density at radius 3 is 2.96 bits per heavy atom. The Hall–Kier alpha value is -2.71. The molecule has 0 saturated carbocycles. The average Bonchev–Trinajstić information content (AvgIpc) is 3.46. The molecule has 2 aromatic heterocycles. The molecule has 6 nitrogen and oxygen atoms in total. The maximum Gasteiger partial charge on any atom is 0.281 e. The second kappa shape index (κ2) is 8.12. The summed E-state index contributed by atoms with van der Waals surface area (Å²) < 4.78 is 11.9. The van der Waals surface area contributed by atoms with E-state index in [1.54, 1.807) is 41.9 Å². The Labute approximate surface area is 173 Å². The third-order valence-corrected chi connectivity index (χ3v) is 5.71. The molecule has 0 spiro atoms. The Kier molecular flexibility index (Phi) is 5.40. The van der Waals surface area contributed by atoms with Crippen molar-refractivity contribution >= 4 is 45.2 Å². The highest BCUT2D eigenvalue weighted by Gasteiger charge is 2.35. The van der Waals surface area contributed by atoms with Gasteiger partial charge in [0.15, 0.2) is 12.9 Å². The van der Waals surface area contributed by atoms with Crippen LogP contribution in [0.3, 0.4) is 0 Å². The Balaban J connectivity index is 1.54. The maximum absolute atomic E-state index is 12.9. The molecule has 8 heteroatoms. The fraction of sp³-hybridized carbons (Fsp3) is 0.150. The predicted molar refractivity (Wildman–Crippen MR) is 109 cm³/mol. The molecule has 1 atom stereocenters. The first kappa shape index (κ1) is 18.6. The standard InChI is InChI=1S/C20H15BrN2O4S/c21-14-5-6-17(13(9-14)11-24)27-12-20(25)23-16(18-3-1-7-26-18)10-15(22-23)19-4-2-8-28-19/h1-9,11,16H,10,12H2. The van der Waals surface area contributed by atoms with Crippen molar-refractivity contribution in [2.45, 2.75) is 12.5 Å². The lowest BCUT2D eigenvalue weighted by Crippen LogP contribution is -2.31. The number of amides is 1. The molecular formula is C20H15BrN2O4S. The third kappa shape index (κ3) is 3.79. The molecule has 0 saturated heterocycles. The van der Waals surface area contributed by atoms with Gasteiger partial charge in [0.25, 0.3) is 5.91 Å². The fourth-order valence-electron chi connectivity index (χ4n) is 2.98. The zero-order valence-corrected chi connectivity index (χ0v) is 17.0. The van der Waals surface area contributed by atoms with E-state index in [0.717, 1.165) is 15.1 Å². The van der Waals surface area contributed by atoms with Gasteiger partial charge in [-0.15, -0.1) is 11.3 Å².